The Kier molecular flexibility index (Phi) is 5.39. The van der Waals surface area contributed by atoms with Gasteiger partial charge in [0.1, 0.15) is 0 Å². The molecular weight excluding hydrogens is 214 g/mol. The summed E-state index contributed by atoms with van der Waals surface area (Å²) in [4.78, 5) is 3.87. The SMILES string of the molecule is CC(=S)[C@H](C(C)C)[C@H](C(C)C)N1CCCC1. The van der Waals surface area contributed by atoms with Crippen molar-refractivity contribution in [3.8, 4) is 0 Å². The quantitative estimate of drug-likeness (QED) is 0.674. The van der Waals surface area contributed by atoms with Crippen LogP contribution in [0.2, 0.25) is 0 Å². The Balaban J connectivity index is 2.84. The van der Waals surface area contributed by atoms with Gasteiger partial charge in [0.15, 0.2) is 0 Å². The van der Waals surface area contributed by atoms with Crippen LogP contribution in [0, 0.1) is 17.8 Å². The van der Waals surface area contributed by atoms with Crippen molar-refractivity contribution >= 4 is 17.1 Å². The van der Waals surface area contributed by atoms with Crippen molar-refractivity contribution in [2.45, 2.75) is 53.5 Å². The van der Waals surface area contributed by atoms with Crippen LogP contribution < -0.4 is 0 Å². The summed E-state index contributed by atoms with van der Waals surface area (Å²) in [5, 5.41) is 0. The van der Waals surface area contributed by atoms with Gasteiger partial charge in [0.25, 0.3) is 0 Å². The Morgan fingerprint density at radius 2 is 1.50 bits per heavy atom. The molecule has 0 amide bonds. The summed E-state index contributed by atoms with van der Waals surface area (Å²) in [7, 11) is 0. The number of nitrogens with zero attached hydrogens (tertiary/aromatic N) is 1. The molecule has 94 valence electrons. The Bertz CT molecular complexity index is 229. The molecule has 0 bridgehead atoms. The van der Waals surface area contributed by atoms with Gasteiger partial charge in [-0.1, -0.05) is 39.9 Å². The molecule has 0 saturated carbocycles. The van der Waals surface area contributed by atoms with E-state index in [1.165, 1.54) is 30.8 Å². The fourth-order valence-electron chi connectivity index (χ4n) is 3.21. The fourth-order valence-corrected chi connectivity index (χ4v) is 3.62. The first-order chi connectivity index (χ1) is 7.45. The lowest BCUT2D eigenvalue weighted by atomic mass is 9.80. The van der Waals surface area contributed by atoms with Crippen LogP contribution in [0.5, 0.6) is 0 Å². The van der Waals surface area contributed by atoms with Crippen molar-refractivity contribution in [1.82, 2.24) is 4.90 Å². The van der Waals surface area contributed by atoms with Crippen LogP contribution in [-0.2, 0) is 0 Å². The maximum absolute atomic E-state index is 5.50. The largest absolute Gasteiger partial charge is 0.299 e. The minimum atomic E-state index is 0.577. The van der Waals surface area contributed by atoms with Crippen LogP contribution in [0.15, 0.2) is 0 Å². The average molecular weight is 241 g/mol. The molecule has 1 aliphatic heterocycles. The molecule has 0 aliphatic carbocycles. The number of likely N-dealkylation sites (tertiary alicyclic amines) is 1. The fraction of sp³-hybridized carbons (Fsp3) is 0.929. The summed E-state index contributed by atoms with van der Waals surface area (Å²) >= 11 is 5.50. The lowest BCUT2D eigenvalue weighted by Crippen LogP contribution is -2.46. The third kappa shape index (κ3) is 3.27. The van der Waals surface area contributed by atoms with Gasteiger partial charge in [0.05, 0.1) is 0 Å². The van der Waals surface area contributed by atoms with E-state index in [-0.39, 0.29) is 0 Å². The number of rotatable bonds is 5. The van der Waals surface area contributed by atoms with Gasteiger partial charge >= 0.3 is 0 Å². The van der Waals surface area contributed by atoms with Crippen LogP contribution >= 0.6 is 12.2 Å². The van der Waals surface area contributed by atoms with E-state index in [9.17, 15) is 0 Å². The van der Waals surface area contributed by atoms with Crippen molar-refractivity contribution in [3.63, 3.8) is 0 Å². The zero-order chi connectivity index (χ0) is 12.3. The van der Waals surface area contributed by atoms with E-state index in [4.69, 9.17) is 12.2 Å². The highest BCUT2D eigenvalue weighted by atomic mass is 32.1. The first kappa shape index (κ1) is 14.1. The van der Waals surface area contributed by atoms with Gasteiger partial charge in [-0.05, 0) is 49.6 Å². The van der Waals surface area contributed by atoms with E-state index in [0.29, 0.717) is 23.8 Å². The molecule has 0 aromatic rings. The predicted octanol–water partition coefficient (Wildman–Crippen LogP) is 3.77. The molecule has 0 aromatic heterocycles. The first-order valence-electron chi connectivity index (χ1n) is 6.69. The van der Waals surface area contributed by atoms with E-state index in [1.807, 2.05) is 0 Å². The highest BCUT2D eigenvalue weighted by Crippen LogP contribution is 2.29. The van der Waals surface area contributed by atoms with Crippen LogP contribution in [0.1, 0.15) is 47.5 Å². The van der Waals surface area contributed by atoms with Gasteiger partial charge in [-0.25, -0.2) is 0 Å². The highest BCUT2D eigenvalue weighted by Gasteiger charge is 2.34. The zero-order valence-electron chi connectivity index (χ0n) is 11.5. The van der Waals surface area contributed by atoms with Crippen molar-refractivity contribution in [2.75, 3.05) is 13.1 Å². The topological polar surface area (TPSA) is 3.24 Å². The molecule has 2 heteroatoms. The van der Waals surface area contributed by atoms with Crippen molar-refractivity contribution in [1.29, 1.82) is 0 Å². The van der Waals surface area contributed by atoms with E-state index >= 15 is 0 Å². The number of hydrogen-bond acceptors (Lipinski definition) is 2. The second-order valence-electron chi connectivity index (χ2n) is 5.86. The minimum Gasteiger partial charge on any atom is -0.299 e. The highest BCUT2D eigenvalue weighted by molar-refractivity contribution is 7.80. The van der Waals surface area contributed by atoms with Crippen molar-refractivity contribution in [2.24, 2.45) is 17.8 Å². The van der Waals surface area contributed by atoms with Crippen LogP contribution in [0.4, 0.5) is 0 Å². The Hall–Kier alpha value is 0.0500. The van der Waals surface area contributed by atoms with Gasteiger partial charge in [-0.3, -0.25) is 4.90 Å². The molecule has 0 unspecified atom stereocenters. The summed E-state index contributed by atoms with van der Waals surface area (Å²) in [5.74, 6) is 1.93. The third-order valence-corrected chi connectivity index (χ3v) is 4.07. The molecule has 0 radical (unpaired) electrons. The average Bonchev–Trinajstić information content (AvgIpc) is 2.64. The van der Waals surface area contributed by atoms with E-state index < -0.39 is 0 Å². The van der Waals surface area contributed by atoms with Gasteiger partial charge < -0.3 is 0 Å². The molecule has 1 nitrogen and oxygen atoms in total. The molecule has 2 atom stereocenters. The Morgan fingerprint density at radius 3 is 1.81 bits per heavy atom. The molecule has 0 N–H and O–H groups in total. The summed E-state index contributed by atoms with van der Waals surface area (Å²) in [6.07, 6.45) is 2.73. The van der Waals surface area contributed by atoms with Crippen LogP contribution in [-0.4, -0.2) is 28.9 Å². The molecule has 1 saturated heterocycles. The maximum Gasteiger partial charge on any atom is 0.0194 e. The number of thiocarbonyl (C=S) groups is 1. The zero-order valence-corrected chi connectivity index (χ0v) is 12.3. The van der Waals surface area contributed by atoms with Gasteiger partial charge in [0.2, 0.25) is 0 Å². The summed E-state index contributed by atoms with van der Waals surface area (Å²) in [5.41, 5.74) is 0. The molecule has 1 fully saturated rings. The minimum absolute atomic E-state index is 0.577. The Labute approximate surface area is 107 Å². The van der Waals surface area contributed by atoms with E-state index in [1.54, 1.807) is 0 Å². The molecular formula is C14H27NS. The lowest BCUT2D eigenvalue weighted by molar-refractivity contribution is 0.136. The standard InChI is InChI=1S/C14H27NS/c1-10(2)13(12(5)16)14(11(3)4)15-8-6-7-9-15/h10-11,13-14H,6-9H2,1-5H3/t13-,14-/m0/s1. The maximum atomic E-state index is 5.50. The van der Waals surface area contributed by atoms with Crippen molar-refractivity contribution in [3.05, 3.63) is 0 Å². The van der Waals surface area contributed by atoms with Crippen LogP contribution in [0.25, 0.3) is 0 Å². The molecule has 0 aromatic carbocycles. The third-order valence-electron chi connectivity index (χ3n) is 3.80. The smallest absolute Gasteiger partial charge is 0.0194 e. The van der Waals surface area contributed by atoms with Gasteiger partial charge in [-0.2, -0.15) is 0 Å². The molecule has 1 heterocycles. The molecule has 16 heavy (non-hydrogen) atoms. The van der Waals surface area contributed by atoms with Crippen LogP contribution in [0.3, 0.4) is 0 Å². The summed E-state index contributed by atoms with van der Waals surface area (Å²) in [6.45, 7) is 14.0. The summed E-state index contributed by atoms with van der Waals surface area (Å²) < 4.78 is 0. The Morgan fingerprint density at radius 1 is 1.00 bits per heavy atom. The normalized spacial score (nSPS) is 21.7. The molecule has 1 aliphatic rings. The molecule has 1 rings (SSSR count). The van der Waals surface area contributed by atoms with Gasteiger partial charge in [0, 0.05) is 12.0 Å². The van der Waals surface area contributed by atoms with Gasteiger partial charge in [-0.15, -0.1) is 0 Å². The second-order valence-corrected chi connectivity index (χ2v) is 6.50. The second kappa shape index (κ2) is 6.11. The summed E-state index contributed by atoms with van der Waals surface area (Å²) in [6, 6.07) is 0.653. The van der Waals surface area contributed by atoms with Crippen molar-refractivity contribution < 1.29 is 0 Å². The predicted molar refractivity (Wildman–Crippen MR) is 76.0 cm³/mol. The first-order valence-corrected chi connectivity index (χ1v) is 7.10. The van der Waals surface area contributed by atoms with E-state index in [2.05, 4.69) is 39.5 Å². The molecule has 0 spiro atoms. The lowest BCUT2D eigenvalue weighted by Gasteiger charge is -2.39. The number of hydrogen-bond donors (Lipinski definition) is 0. The monoisotopic (exact) mass is 241 g/mol. The van der Waals surface area contributed by atoms with E-state index in [0.717, 1.165) is 0 Å².